The Kier molecular flexibility index (Phi) is 6.84. The number of carbonyl (C=O) groups is 1. The summed E-state index contributed by atoms with van der Waals surface area (Å²) >= 11 is 0. The van der Waals surface area contributed by atoms with E-state index in [1.807, 2.05) is 30.3 Å². The molecule has 0 radical (unpaired) electrons. The number of ether oxygens (including phenoxy) is 1. The van der Waals surface area contributed by atoms with Crippen molar-refractivity contribution in [2.24, 2.45) is 0 Å². The number of nitrogens with two attached hydrogens (primary N) is 1. The third-order valence-electron chi connectivity index (χ3n) is 5.16. The summed E-state index contributed by atoms with van der Waals surface area (Å²) in [5.74, 6) is 0.662. The van der Waals surface area contributed by atoms with Crippen molar-refractivity contribution in [1.82, 2.24) is 15.1 Å². The number of aromatic nitrogens is 2. The highest BCUT2D eigenvalue weighted by atomic mass is 19.1. The maximum Gasteiger partial charge on any atom is 0.255 e. The maximum absolute atomic E-state index is 13.2. The minimum Gasteiger partial charge on any atom is -0.457 e. The lowest BCUT2D eigenvalue weighted by Crippen LogP contribution is -2.25. The molecule has 0 saturated heterocycles. The van der Waals surface area contributed by atoms with Gasteiger partial charge in [0.25, 0.3) is 5.91 Å². The molecule has 0 aliphatic rings. The predicted octanol–water partition coefficient (Wildman–Crippen LogP) is 4.62. The second-order valence-electron chi connectivity index (χ2n) is 7.48. The van der Waals surface area contributed by atoms with E-state index in [4.69, 9.17) is 10.5 Å². The van der Waals surface area contributed by atoms with Gasteiger partial charge in [-0.25, -0.2) is 9.07 Å². The molecule has 0 aliphatic carbocycles. The zero-order valence-electron chi connectivity index (χ0n) is 18.2. The molecule has 1 heterocycles. The minimum absolute atomic E-state index is 0.195. The van der Waals surface area contributed by atoms with Crippen LogP contribution in [-0.4, -0.2) is 22.2 Å². The first kappa shape index (κ1) is 22.6. The number of nitriles is 1. The molecule has 3 N–H and O–H groups in total. The van der Waals surface area contributed by atoms with Crippen molar-refractivity contribution in [3.05, 3.63) is 102 Å². The molecule has 0 unspecified atom stereocenters. The van der Waals surface area contributed by atoms with E-state index in [1.54, 1.807) is 36.4 Å². The number of carbonyl (C=O) groups excluding carboxylic acids is 1. The molecule has 4 rings (SSSR count). The van der Waals surface area contributed by atoms with Crippen LogP contribution >= 0.6 is 0 Å². The van der Waals surface area contributed by atoms with Gasteiger partial charge in [0.1, 0.15) is 34.8 Å². The Hall–Kier alpha value is -4.64. The van der Waals surface area contributed by atoms with Gasteiger partial charge in [0.05, 0.1) is 16.9 Å². The number of hydrogen-bond donors (Lipinski definition) is 2. The molecular weight excluding hydrogens is 433 g/mol. The van der Waals surface area contributed by atoms with E-state index in [2.05, 4.69) is 16.5 Å². The van der Waals surface area contributed by atoms with E-state index >= 15 is 0 Å². The molecule has 0 spiro atoms. The van der Waals surface area contributed by atoms with Crippen LogP contribution in [0.1, 0.15) is 28.0 Å². The highest BCUT2D eigenvalue weighted by molar-refractivity contribution is 5.97. The van der Waals surface area contributed by atoms with Gasteiger partial charge in [0, 0.05) is 6.54 Å². The molecule has 0 bridgehead atoms. The Morgan fingerprint density at radius 2 is 1.76 bits per heavy atom. The van der Waals surface area contributed by atoms with E-state index in [9.17, 15) is 14.4 Å². The van der Waals surface area contributed by atoms with Gasteiger partial charge in [-0.1, -0.05) is 30.3 Å². The quantitative estimate of drug-likeness (QED) is 0.377. The van der Waals surface area contributed by atoms with Crippen molar-refractivity contribution in [3.63, 3.8) is 0 Å². The molecule has 0 fully saturated rings. The van der Waals surface area contributed by atoms with E-state index in [0.29, 0.717) is 47.8 Å². The number of para-hydroxylation sites is 2. The molecule has 3 aromatic carbocycles. The molecule has 8 heteroatoms. The van der Waals surface area contributed by atoms with Crippen LogP contribution in [0.25, 0.3) is 5.69 Å². The standard InChI is InChI=1S/C26H22FN5O2/c27-18-12-14-19(15-13-18)32-25(29)22(17-28)23(31-32)10-6-16-30-26(33)21-9-4-5-11-24(21)34-20-7-2-1-3-8-20/h1-5,7-9,11-15H,6,10,16,29H2,(H,30,33). The molecule has 7 nitrogen and oxygen atoms in total. The smallest absolute Gasteiger partial charge is 0.255 e. The lowest BCUT2D eigenvalue weighted by molar-refractivity contribution is 0.0951. The fourth-order valence-electron chi connectivity index (χ4n) is 3.47. The summed E-state index contributed by atoms with van der Waals surface area (Å²) in [7, 11) is 0. The molecule has 0 saturated carbocycles. The van der Waals surface area contributed by atoms with Crippen LogP contribution in [0.3, 0.4) is 0 Å². The Morgan fingerprint density at radius 3 is 2.50 bits per heavy atom. The van der Waals surface area contributed by atoms with Crippen LogP contribution in [0.15, 0.2) is 78.9 Å². The summed E-state index contributed by atoms with van der Waals surface area (Å²) in [6.07, 6.45) is 0.978. The van der Waals surface area contributed by atoms with Crippen molar-refractivity contribution in [1.29, 1.82) is 5.26 Å². The number of nitrogens with zero attached hydrogens (tertiary/aromatic N) is 3. The van der Waals surface area contributed by atoms with Crippen molar-refractivity contribution >= 4 is 11.7 Å². The summed E-state index contributed by atoms with van der Waals surface area (Å²) in [6.45, 7) is 0.368. The monoisotopic (exact) mass is 455 g/mol. The molecule has 1 aromatic heterocycles. The first-order valence-electron chi connectivity index (χ1n) is 10.7. The molecular formula is C26H22FN5O2. The Morgan fingerprint density at radius 1 is 1.06 bits per heavy atom. The van der Waals surface area contributed by atoms with Gasteiger partial charge < -0.3 is 15.8 Å². The Bertz CT molecular complexity index is 1330. The van der Waals surface area contributed by atoms with Gasteiger partial charge in [0.15, 0.2) is 0 Å². The van der Waals surface area contributed by atoms with Crippen LogP contribution in [-0.2, 0) is 6.42 Å². The first-order valence-corrected chi connectivity index (χ1v) is 10.7. The van der Waals surface area contributed by atoms with Crippen LogP contribution in [0.5, 0.6) is 11.5 Å². The summed E-state index contributed by atoms with van der Waals surface area (Å²) in [6, 6.07) is 24.0. The van der Waals surface area contributed by atoms with Crippen molar-refractivity contribution in [2.75, 3.05) is 12.3 Å². The average molecular weight is 455 g/mol. The molecule has 34 heavy (non-hydrogen) atoms. The lowest BCUT2D eigenvalue weighted by atomic mass is 10.1. The number of aryl methyl sites for hydroxylation is 1. The molecule has 4 aromatic rings. The predicted molar refractivity (Wildman–Crippen MR) is 126 cm³/mol. The number of benzene rings is 3. The molecule has 0 atom stereocenters. The second kappa shape index (κ2) is 10.3. The molecule has 0 aliphatic heterocycles. The van der Waals surface area contributed by atoms with Crippen molar-refractivity contribution in [2.45, 2.75) is 12.8 Å². The van der Waals surface area contributed by atoms with E-state index < -0.39 is 0 Å². The van der Waals surface area contributed by atoms with Gasteiger partial charge in [-0.2, -0.15) is 10.4 Å². The van der Waals surface area contributed by atoms with E-state index in [1.165, 1.54) is 16.8 Å². The van der Waals surface area contributed by atoms with Gasteiger partial charge >= 0.3 is 0 Å². The van der Waals surface area contributed by atoms with Gasteiger partial charge in [-0.05, 0) is 61.4 Å². The number of amides is 1. The maximum atomic E-state index is 13.2. The number of nitrogen functional groups attached to an aromatic ring is 1. The number of halogens is 1. The normalized spacial score (nSPS) is 10.5. The van der Waals surface area contributed by atoms with E-state index in [-0.39, 0.29) is 23.1 Å². The third kappa shape index (κ3) is 5.05. The number of hydrogen-bond acceptors (Lipinski definition) is 5. The number of nitrogens with one attached hydrogen (secondary N) is 1. The van der Waals surface area contributed by atoms with Crippen molar-refractivity contribution < 1.29 is 13.9 Å². The van der Waals surface area contributed by atoms with Crippen LogP contribution in [0, 0.1) is 17.1 Å². The zero-order chi connectivity index (χ0) is 23.9. The second-order valence-corrected chi connectivity index (χ2v) is 7.48. The largest absolute Gasteiger partial charge is 0.457 e. The summed E-state index contributed by atoms with van der Waals surface area (Å²) in [5.41, 5.74) is 7.87. The molecule has 1 amide bonds. The Balaban J connectivity index is 1.39. The average Bonchev–Trinajstić information content (AvgIpc) is 3.18. The van der Waals surface area contributed by atoms with Gasteiger partial charge in [0.2, 0.25) is 0 Å². The number of anilines is 1. The highest BCUT2D eigenvalue weighted by Crippen LogP contribution is 2.25. The summed E-state index contributed by atoms with van der Waals surface area (Å²) in [4.78, 5) is 12.7. The fourth-order valence-corrected chi connectivity index (χ4v) is 3.47. The summed E-state index contributed by atoms with van der Waals surface area (Å²) in [5, 5.41) is 16.8. The summed E-state index contributed by atoms with van der Waals surface area (Å²) < 4.78 is 20.5. The highest BCUT2D eigenvalue weighted by Gasteiger charge is 2.17. The lowest BCUT2D eigenvalue weighted by Gasteiger charge is -2.11. The van der Waals surface area contributed by atoms with Crippen LogP contribution in [0.4, 0.5) is 10.2 Å². The van der Waals surface area contributed by atoms with Gasteiger partial charge in [-0.3, -0.25) is 4.79 Å². The minimum atomic E-state index is -0.373. The van der Waals surface area contributed by atoms with Crippen molar-refractivity contribution in [3.8, 4) is 23.3 Å². The number of rotatable bonds is 8. The van der Waals surface area contributed by atoms with Crippen LogP contribution in [0.2, 0.25) is 0 Å². The Labute approximate surface area is 196 Å². The van der Waals surface area contributed by atoms with Gasteiger partial charge in [-0.15, -0.1) is 0 Å². The molecule has 170 valence electrons. The van der Waals surface area contributed by atoms with E-state index in [0.717, 1.165) is 0 Å². The third-order valence-corrected chi connectivity index (χ3v) is 5.16. The first-order chi connectivity index (χ1) is 16.6. The topological polar surface area (TPSA) is 106 Å². The fraction of sp³-hybridized carbons (Fsp3) is 0.115. The SMILES string of the molecule is N#Cc1c(CCCNC(=O)c2ccccc2Oc2ccccc2)nn(-c2ccc(F)cc2)c1N. The zero-order valence-corrected chi connectivity index (χ0v) is 18.2. The van der Waals surface area contributed by atoms with Crippen LogP contribution < -0.4 is 15.8 Å².